The van der Waals surface area contributed by atoms with Crippen molar-refractivity contribution in [1.82, 2.24) is 9.21 Å². The van der Waals surface area contributed by atoms with Crippen molar-refractivity contribution in [3.8, 4) is 0 Å². The standard InChI is InChI=1S/C23H30N2O2S/c1-23(2,3)19-9-13-21(14-10-19)28(26,27)25-16-15-24(20-11-12-20)17-22(25)18-7-5-4-6-8-18/h4-10,13-14,20,22H,11-12,15-17H2,1-3H3. The Bertz CT molecular complexity index is 913. The van der Waals surface area contributed by atoms with E-state index < -0.39 is 10.0 Å². The molecule has 1 aliphatic carbocycles. The number of nitrogens with zero attached hydrogens (tertiary/aromatic N) is 2. The van der Waals surface area contributed by atoms with E-state index in [1.165, 1.54) is 12.8 Å². The van der Waals surface area contributed by atoms with Gasteiger partial charge in [0.2, 0.25) is 10.0 Å². The van der Waals surface area contributed by atoms with E-state index in [1.807, 2.05) is 42.5 Å². The second-order valence-corrected chi connectivity index (χ2v) is 10.9. The molecule has 150 valence electrons. The predicted molar refractivity (Wildman–Crippen MR) is 113 cm³/mol. The van der Waals surface area contributed by atoms with Gasteiger partial charge in [0, 0.05) is 25.7 Å². The molecule has 1 saturated heterocycles. The molecule has 0 spiro atoms. The molecule has 0 aromatic heterocycles. The van der Waals surface area contributed by atoms with Gasteiger partial charge in [-0.25, -0.2) is 8.42 Å². The maximum Gasteiger partial charge on any atom is 0.243 e. The highest BCUT2D eigenvalue weighted by Crippen LogP contribution is 2.36. The number of benzene rings is 2. The summed E-state index contributed by atoms with van der Waals surface area (Å²) in [7, 11) is -3.54. The molecule has 5 heteroatoms. The van der Waals surface area contributed by atoms with E-state index in [2.05, 4.69) is 25.7 Å². The van der Waals surface area contributed by atoms with Crippen LogP contribution in [0.4, 0.5) is 0 Å². The normalized spacial score (nSPS) is 22.3. The molecule has 2 aromatic carbocycles. The second kappa shape index (κ2) is 7.29. The third kappa shape index (κ3) is 3.88. The van der Waals surface area contributed by atoms with Crippen LogP contribution in [0.1, 0.15) is 50.8 Å². The van der Waals surface area contributed by atoms with Crippen molar-refractivity contribution in [2.75, 3.05) is 19.6 Å². The Balaban J connectivity index is 1.66. The summed E-state index contributed by atoms with van der Waals surface area (Å²) in [6.07, 6.45) is 2.48. The zero-order valence-corrected chi connectivity index (χ0v) is 17.8. The molecule has 1 atom stereocenters. The quantitative estimate of drug-likeness (QED) is 0.775. The zero-order valence-electron chi connectivity index (χ0n) is 17.0. The lowest BCUT2D eigenvalue weighted by molar-refractivity contribution is 0.129. The van der Waals surface area contributed by atoms with Crippen molar-refractivity contribution >= 4 is 10.0 Å². The van der Waals surface area contributed by atoms with E-state index in [9.17, 15) is 8.42 Å². The maximum atomic E-state index is 13.5. The van der Waals surface area contributed by atoms with Gasteiger partial charge in [-0.05, 0) is 41.5 Å². The Morgan fingerprint density at radius 2 is 1.54 bits per heavy atom. The minimum atomic E-state index is -3.54. The predicted octanol–water partition coefficient (Wildman–Crippen LogP) is 4.19. The van der Waals surface area contributed by atoms with Crippen LogP contribution in [-0.4, -0.2) is 43.3 Å². The van der Waals surface area contributed by atoms with E-state index >= 15 is 0 Å². The first kappa shape index (κ1) is 19.6. The Labute approximate surface area is 169 Å². The molecule has 28 heavy (non-hydrogen) atoms. The van der Waals surface area contributed by atoms with Crippen LogP contribution in [0.25, 0.3) is 0 Å². The molecule has 0 N–H and O–H groups in total. The van der Waals surface area contributed by atoms with Gasteiger partial charge in [-0.1, -0.05) is 63.2 Å². The Kier molecular flexibility index (Phi) is 5.10. The van der Waals surface area contributed by atoms with E-state index in [1.54, 1.807) is 16.4 Å². The van der Waals surface area contributed by atoms with E-state index in [0.717, 1.165) is 24.2 Å². The smallest absolute Gasteiger partial charge is 0.243 e. The number of hydrogen-bond acceptors (Lipinski definition) is 3. The first-order valence-corrected chi connectivity index (χ1v) is 11.6. The maximum absolute atomic E-state index is 13.5. The second-order valence-electron chi connectivity index (χ2n) is 9.04. The van der Waals surface area contributed by atoms with Crippen LogP contribution >= 0.6 is 0 Å². The monoisotopic (exact) mass is 398 g/mol. The average Bonchev–Trinajstić information content (AvgIpc) is 3.53. The van der Waals surface area contributed by atoms with E-state index in [-0.39, 0.29) is 11.5 Å². The summed E-state index contributed by atoms with van der Waals surface area (Å²) in [5.41, 5.74) is 2.22. The number of piperazine rings is 1. The first-order valence-electron chi connectivity index (χ1n) is 10.2. The number of sulfonamides is 1. The molecular formula is C23H30N2O2S. The van der Waals surface area contributed by atoms with Crippen molar-refractivity contribution in [2.45, 2.75) is 56.0 Å². The molecule has 2 aliphatic rings. The average molecular weight is 399 g/mol. The van der Waals surface area contributed by atoms with E-state index in [0.29, 0.717) is 17.5 Å². The fraction of sp³-hybridized carbons (Fsp3) is 0.478. The lowest BCUT2D eigenvalue weighted by Crippen LogP contribution is -2.51. The Morgan fingerprint density at radius 3 is 2.11 bits per heavy atom. The van der Waals surface area contributed by atoms with Gasteiger partial charge in [-0.15, -0.1) is 0 Å². The molecule has 1 unspecified atom stereocenters. The molecule has 4 rings (SSSR count). The van der Waals surface area contributed by atoms with Gasteiger partial charge in [-0.2, -0.15) is 4.31 Å². The minimum absolute atomic E-state index is 0.00472. The SMILES string of the molecule is CC(C)(C)c1ccc(S(=O)(=O)N2CCN(C3CC3)CC2c2ccccc2)cc1. The number of rotatable bonds is 4. The number of hydrogen-bond donors (Lipinski definition) is 0. The molecule has 4 nitrogen and oxygen atoms in total. The van der Waals surface area contributed by atoms with Crippen molar-refractivity contribution < 1.29 is 8.42 Å². The topological polar surface area (TPSA) is 40.6 Å². The van der Waals surface area contributed by atoms with Crippen molar-refractivity contribution in [2.24, 2.45) is 0 Å². The summed E-state index contributed by atoms with van der Waals surface area (Å²) >= 11 is 0. The molecule has 0 amide bonds. The molecule has 2 aromatic rings. The van der Waals surface area contributed by atoms with Gasteiger partial charge < -0.3 is 0 Å². The van der Waals surface area contributed by atoms with E-state index in [4.69, 9.17) is 0 Å². The third-order valence-electron chi connectivity index (χ3n) is 5.94. The summed E-state index contributed by atoms with van der Waals surface area (Å²) < 4.78 is 28.8. The van der Waals surface area contributed by atoms with Gasteiger partial charge in [0.25, 0.3) is 0 Å². The summed E-state index contributed by atoms with van der Waals surface area (Å²) in [5.74, 6) is 0. The van der Waals surface area contributed by atoms with Crippen LogP contribution in [-0.2, 0) is 15.4 Å². The minimum Gasteiger partial charge on any atom is -0.297 e. The summed E-state index contributed by atoms with van der Waals surface area (Å²) in [6.45, 7) is 8.54. The Hall–Kier alpha value is -1.69. The lowest BCUT2D eigenvalue weighted by Gasteiger charge is -2.41. The van der Waals surface area contributed by atoms with Crippen molar-refractivity contribution in [1.29, 1.82) is 0 Å². The van der Waals surface area contributed by atoms with Crippen LogP contribution in [0.15, 0.2) is 59.5 Å². The first-order chi connectivity index (χ1) is 13.3. The van der Waals surface area contributed by atoms with Gasteiger partial charge in [0.05, 0.1) is 10.9 Å². The highest BCUT2D eigenvalue weighted by Gasteiger charge is 2.41. The van der Waals surface area contributed by atoms with Crippen LogP contribution < -0.4 is 0 Å². The highest BCUT2D eigenvalue weighted by molar-refractivity contribution is 7.89. The molecule has 1 aliphatic heterocycles. The lowest BCUT2D eigenvalue weighted by atomic mass is 9.87. The molecule has 1 saturated carbocycles. The summed E-state index contributed by atoms with van der Waals surface area (Å²) in [6, 6.07) is 18.0. The summed E-state index contributed by atoms with van der Waals surface area (Å²) in [5, 5.41) is 0. The van der Waals surface area contributed by atoms with Crippen LogP contribution in [0.3, 0.4) is 0 Å². The highest BCUT2D eigenvalue weighted by atomic mass is 32.2. The zero-order chi connectivity index (χ0) is 19.9. The van der Waals surface area contributed by atoms with Crippen LogP contribution in [0.2, 0.25) is 0 Å². The fourth-order valence-corrected chi connectivity index (χ4v) is 5.65. The van der Waals surface area contributed by atoms with Gasteiger partial charge in [0.1, 0.15) is 0 Å². The van der Waals surface area contributed by atoms with Crippen LogP contribution in [0, 0.1) is 0 Å². The van der Waals surface area contributed by atoms with Crippen molar-refractivity contribution in [3.05, 3.63) is 65.7 Å². The van der Waals surface area contributed by atoms with Crippen LogP contribution in [0.5, 0.6) is 0 Å². The fourth-order valence-electron chi connectivity index (χ4n) is 4.06. The van der Waals surface area contributed by atoms with Gasteiger partial charge in [0.15, 0.2) is 0 Å². The van der Waals surface area contributed by atoms with Crippen molar-refractivity contribution in [3.63, 3.8) is 0 Å². The summed E-state index contributed by atoms with van der Waals surface area (Å²) in [4.78, 5) is 2.85. The third-order valence-corrected chi connectivity index (χ3v) is 7.86. The molecule has 0 bridgehead atoms. The Morgan fingerprint density at radius 1 is 0.893 bits per heavy atom. The van der Waals surface area contributed by atoms with Gasteiger partial charge in [-0.3, -0.25) is 4.90 Å². The van der Waals surface area contributed by atoms with Gasteiger partial charge >= 0.3 is 0 Å². The largest absolute Gasteiger partial charge is 0.297 e. The molecule has 0 radical (unpaired) electrons. The molecular weight excluding hydrogens is 368 g/mol. The molecule has 2 fully saturated rings. The molecule has 1 heterocycles.